The largest absolute Gasteiger partial charge is 0.383 e. The highest BCUT2D eigenvalue weighted by atomic mass is 16.5. The van der Waals surface area contributed by atoms with Crippen LogP contribution in [0.4, 0.5) is 0 Å². The molecule has 0 spiro atoms. The third-order valence-electron chi connectivity index (χ3n) is 2.53. The van der Waals surface area contributed by atoms with Crippen LogP contribution in [-0.2, 0) is 4.74 Å². The van der Waals surface area contributed by atoms with Gasteiger partial charge in [0, 0.05) is 19.2 Å². The molecule has 1 N–H and O–H groups in total. The van der Waals surface area contributed by atoms with Crippen molar-refractivity contribution in [2.75, 3.05) is 13.7 Å². The van der Waals surface area contributed by atoms with E-state index in [0.29, 0.717) is 12.1 Å². The van der Waals surface area contributed by atoms with Gasteiger partial charge in [0.2, 0.25) is 0 Å². The van der Waals surface area contributed by atoms with Gasteiger partial charge >= 0.3 is 0 Å². The Morgan fingerprint density at radius 3 is 2.53 bits per heavy atom. The third-order valence-corrected chi connectivity index (χ3v) is 2.53. The first-order valence-corrected chi connectivity index (χ1v) is 5.98. The predicted octanol–water partition coefficient (Wildman–Crippen LogP) is 3.14. The average molecular weight is 213 g/mol. The summed E-state index contributed by atoms with van der Waals surface area (Å²) in [6.07, 6.45) is 5.79. The molecule has 0 aromatic carbocycles. The molecule has 0 amide bonds. The summed E-state index contributed by atoms with van der Waals surface area (Å²) in [4.78, 5) is 0. The van der Waals surface area contributed by atoms with Crippen molar-refractivity contribution in [3.05, 3.63) is 11.6 Å². The summed E-state index contributed by atoms with van der Waals surface area (Å²) in [5.41, 5.74) is 1.41. The van der Waals surface area contributed by atoms with Crippen molar-refractivity contribution < 1.29 is 4.74 Å². The quantitative estimate of drug-likeness (QED) is 0.625. The van der Waals surface area contributed by atoms with Crippen LogP contribution in [0.1, 0.15) is 47.0 Å². The lowest BCUT2D eigenvalue weighted by Gasteiger charge is -2.21. The molecule has 2 unspecified atom stereocenters. The molecule has 0 heterocycles. The zero-order valence-electron chi connectivity index (χ0n) is 11.0. The first-order valence-electron chi connectivity index (χ1n) is 5.98. The Morgan fingerprint density at radius 2 is 2.07 bits per heavy atom. The van der Waals surface area contributed by atoms with Crippen molar-refractivity contribution >= 4 is 0 Å². The standard InChI is InChI=1S/C13H27NO/c1-6-13(10-15-5)14-12(4)9-7-8-11(2)3/h8,12-14H,6-7,9-10H2,1-5H3. The van der Waals surface area contributed by atoms with Gasteiger partial charge in [-0.15, -0.1) is 0 Å². The van der Waals surface area contributed by atoms with E-state index in [1.54, 1.807) is 7.11 Å². The van der Waals surface area contributed by atoms with E-state index in [1.807, 2.05) is 0 Å². The molecule has 2 atom stereocenters. The van der Waals surface area contributed by atoms with Gasteiger partial charge in [-0.2, -0.15) is 0 Å². The van der Waals surface area contributed by atoms with Gasteiger partial charge in [-0.3, -0.25) is 0 Å². The number of allylic oxidation sites excluding steroid dienone is 2. The maximum atomic E-state index is 5.16. The van der Waals surface area contributed by atoms with Gasteiger partial charge in [0.1, 0.15) is 0 Å². The monoisotopic (exact) mass is 213 g/mol. The molecule has 0 rings (SSSR count). The highest BCUT2D eigenvalue weighted by molar-refractivity contribution is 4.93. The Balaban J connectivity index is 3.70. The van der Waals surface area contributed by atoms with Crippen LogP contribution in [0.3, 0.4) is 0 Å². The zero-order valence-corrected chi connectivity index (χ0v) is 11.0. The van der Waals surface area contributed by atoms with Gasteiger partial charge in [-0.25, -0.2) is 0 Å². The SMILES string of the molecule is CCC(COC)NC(C)CCC=C(C)C. The van der Waals surface area contributed by atoms with Crippen molar-refractivity contribution in [2.24, 2.45) is 0 Å². The fraction of sp³-hybridized carbons (Fsp3) is 0.846. The Kier molecular flexibility index (Phi) is 8.73. The van der Waals surface area contributed by atoms with Crippen molar-refractivity contribution in [2.45, 2.75) is 59.0 Å². The molecule has 0 saturated carbocycles. The highest BCUT2D eigenvalue weighted by Gasteiger charge is 2.08. The van der Waals surface area contributed by atoms with E-state index < -0.39 is 0 Å². The lowest BCUT2D eigenvalue weighted by Crippen LogP contribution is -2.38. The van der Waals surface area contributed by atoms with Crippen molar-refractivity contribution in [1.29, 1.82) is 0 Å². The third kappa shape index (κ3) is 8.64. The van der Waals surface area contributed by atoms with Crippen LogP contribution in [-0.4, -0.2) is 25.8 Å². The topological polar surface area (TPSA) is 21.3 Å². The zero-order chi connectivity index (χ0) is 11.7. The molecule has 0 aromatic heterocycles. The van der Waals surface area contributed by atoms with E-state index >= 15 is 0 Å². The summed E-state index contributed by atoms with van der Waals surface area (Å²) >= 11 is 0. The molecule has 0 aliphatic heterocycles. The van der Waals surface area contributed by atoms with Crippen LogP contribution in [0, 0.1) is 0 Å². The first kappa shape index (κ1) is 14.7. The van der Waals surface area contributed by atoms with Gasteiger partial charge < -0.3 is 10.1 Å². The Hall–Kier alpha value is -0.340. The second-order valence-corrected chi connectivity index (χ2v) is 4.49. The summed E-state index contributed by atoms with van der Waals surface area (Å²) < 4.78 is 5.16. The molecule has 2 nitrogen and oxygen atoms in total. The number of methoxy groups -OCH3 is 1. The van der Waals surface area contributed by atoms with E-state index in [2.05, 4.69) is 39.1 Å². The fourth-order valence-corrected chi connectivity index (χ4v) is 1.59. The second-order valence-electron chi connectivity index (χ2n) is 4.49. The number of hydrogen-bond acceptors (Lipinski definition) is 2. The molecule has 0 aromatic rings. The summed E-state index contributed by atoms with van der Waals surface area (Å²) in [6.45, 7) is 9.55. The van der Waals surface area contributed by atoms with Gasteiger partial charge in [-0.05, 0) is 40.0 Å². The normalized spacial score (nSPS) is 14.7. The van der Waals surface area contributed by atoms with Crippen LogP contribution in [0.15, 0.2) is 11.6 Å². The predicted molar refractivity (Wildman–Crippen MR) is 67.2 cm³/mol. The lowest BCUT2D eigenvalue weighted by molar-refractivity contribution is 0.158. The molecule has 15 heavy (non-hydrogen) atoms. The van der Waals surface area contributed by atoms with Crippen LogP contribution >= 0.6 is 0 Å². The van der Waals surface area contributed by atoms with Gasteiger partial charge in [0.05, 0.1) is 6.61 Å². The molecule has 2 heteroatoms. The molecule has 0 radical (unpaired) electrons. The Morgan fingerprint density at radius 1 is 1.40 bits per heavy atom. The Labute approximate surface area is 95.1 Å². The highest BCUT2D eigenvalue weighted by Crippen LogP contribution is 2.03. The van der Waals surface area contributed by atoms with Crippen LogP contribution < -0.4 is 5.32 Å². The summed E-state index contributed by atoms with van der Waals surface area (Å²) in [5, 5.41) is 3.59. The number of ether oxygens (including phenoxy) is 1. The minimum Gasteiger partial charge on any atom is -0.383 e. The minimum absolute atomic E-state index is 0.497. The van der Waals surface area contributed by atoms with E-state index in [9.17, 15) is 0 Å². The Bertz CT molecular complexity index is 173. The molecular formula is C13H27NO. The van der Waals surface area contributed by atoms with Gasteiger partial charge in [0.15, 0.2) is 0 Å². The summed E-state index contributed by atoms with van der Waals surface area (Å²) in [5.74, 6) is 0. The fourth-order valence-electron chi connectivity index (χ4n) is 1.59. The van der Waals surface area contributed by atoms with Gasteiger partial charge in [-0.1, -0.05) is 18.6 Å². The number of nitrogens with one attached hydrogen (secondary N) is 1. The smallest absolute Gasteiger partial charge is 0.0615 e. The number of hydrogen-bond donors (Lipinski definition) is 1. The van der Waals surface area contributed by atoms with Gasteiger partial charge in [0.25, 0.3) is 0 Å². The van der Waals surface area contributed by atoms with Crippen LogP contribution in [0.5, 0.6) is 0 Å². The maximum absolute atomic E-state index is 5.16. The van der Waals surface area contributed by atoms with Crippen molar-refractivity contribution in [3.63, 3.8) is 0 Å². The van der Waals surface area contributed by atoms with E-state index in [0.717, 1.165) is 13.0 Å². The lowest BCUT2D eigenvalue weighted by atomic mass is 10.1. The van der Waals surface area contributed by atoms with E-state index in [-0.39, 0.29) is 0 Å². The molecule has 0 bridgehead atoms. The van der Waals surface area contributed by atoms with Crippen molar-refractivity contribution in [3.8, 4) is 0 Å². The van der Waals surface area contributed by atoms with Crippen molar-refractivity contribution in [1.82, 2.24) is 5.32 Å². The second kappa shape index (κ2) is 8.93. The minimum atomic E-state index is 0.497. The van der Waals surface area contributed by atoms with E-state index in [1.165, 1.54) is 18.4 Å². The first-order chi connectivity index (χ1) is 7.10. The van der Waals surface area contributed by atoms with E-state index in [4.69, 9.17) is 4.74 Å². The molecule has 0 fully saturated rings. The molecule has 0 aliphatic carbocycles. The summed E-state index contributed by atoms with van der Waals surface area (Å²) in [7, 11) is 1.76. The van der Waals surface area contributed by atoms with Crippen LogP contribution in [0.25, 0.3) is 0 Å². The maximum Gasteiger partial charge on any atom is 0.0615 e. The molecule has 90 valence electrons. The van der Waals surface area contributed by atoms with Crippen LogP contribution in [0.2, 0.25) is 0 Å². The summed E-state index contributed by atoms with van der Waals surface area (Å²) in [6, 6.07) is 1.07. The molecular weight excluding hydrogens is 186 g/mol. The molecule has 0 aliphatic rings. The number of rotatable bonds is 8. The molecule has 0 saturated heterocycles. The average Bonchev–Trinajstić information content (AvgIpc) is 2.16.